The van der Waals surface area contributed by atoms with Crippen LogP contribution in [0.25, 0.3) is 0 Å². The van der Waals surface area contributed by atoms with Crippen LogP contribution in [0.1, 0.15) is 5.56 Å². The van der Waals surface area contributed by atoms with Crippen molar-refractivity contribution in [3.63, 3.8) is 0 Å². The molecule has 2 aromatic rings. The van der Waals surface area contributed by atoms with E-state index in [1.807, 2.05) is 42.5 Å². The highest BCUT2D eigenvalue weighted by Crippen LogP contribution is 2.18. The quantitative estimate of drug-likeness (QED) is 0.795. The summed E-state index contributed by atoms with van der Waals surface area (Å²) in [4.78, 5) is 10.4. The number of ether oxygens (including phenoxy) is 3. The summed E-state index contributed by atoms with van der Waals surface area (Å²) < 4.78 is 15.6. The van der Waals surface area contributed by atoms with E-state index in [9.17, 15) is 4.79 Å². The van der Waals surface area contributed by atoms with E-state index in [0.29, 0.717) is 12.4 Å². The van der Waals surface area contributed by atoms with E-state index in [2.05, 4.69) is 4.74 Å². The lowest BCUT2D eigenvalue weighted by Crippen LogP contribution is -2.17. The molecule has 2 N–H and O–H groups in total. The molecule has 0 aliphatic rings. The zero-order valence-corrected chi connectivity index (χ0v) is 11.5. The van der Waals surface area contributed by atoms with Gasteiger partial charge in [-0.1, -0.05) is 30.3 Å². The van der Waals surface area contributed by atoms with Gasteiger partial charge in [0.1, 0.15) is 31.3 Å². The second-order valence-corrected chi connectivity index (χ2v) is 4.26. The number of benzene rings is 2. The third-order valence-electron chi connectivity index (χ3n) is 2.67. The van der Waals surface area contributed by atoms with Crippen molar-refractivity contribution in [1.82, 2.24) is 0 Å². The Hall–Kier alpha value is -2.69. The van der Waals surface area contributed by atoms with Crippen molar-refractivity contribution >= 4 is 6.09 Å². The fraction of sp³-hybridized carbons (Fsp3) is 0.188. The Bertz CT molecular complexity index is 554. The molecule has 0 bridgehead atoms. The molecule has 0 aromatic heterocycles. The molecule has 0 saturated heterocycles. The molecule has 110 valence electrons. The Labute approximate surface area is 123 Å². The van der Waals surface area contributed by atoms with Crippen LogP contribution in [0.2, 0.25) is 0 Å². The number of hydrogen-bond donors (Lipinski definition) is 1. The summed E-state index contributed by atoms with van der Waals surface area (Å²) in [5.74, 6) is 1.44. The zero-order valence-electron chi connectivity index (χ0n) is 11.5. The van der Waals surface area contributed by atoms with Crippen LogP contribution < -0.4 is 15.2 Å². The van der Waals surface area contributed by atoms with Gasteiger partial charge < -0.3 is 19.9 Å². The van der Waals surface area contributed by atoms with Gasteiger partial charge in [0.15, 0.2) is 0 Å². The van der Waals surface area contributed by atoms with Gasteiger partial charge in [-0.15, -0.1) is 0 Å². The molecule has 5 nitrogen and oxygen atoms in total. The number of primary amides is 1. The minimum absolute atomic E-state index is 0.127. The van der Waals surface area contributed by atoms with E-state index in [4.69, 9.17) is 15.2 Å². The normalized spacial score (nSPS) is 9.90. The van der Waals surface area contributed by atoms with E-state index in [0.717, 1.165) is 11.3 Å². The van der Waals surface area contributed by atoms with E-state index >= 15 is 0 Å². The summed E-state index contributed by atoms with van der Waals surface area (Å²) in [6.45, 7) is 0.905. The fourth-order valence-corrected chi connectivity index (χ4v) is 1.67. The first-order valence-corrected chi connectivity index (χ1v) is 6.56. The summed E-state index contributed by atoms with van der Waals surface area (Å²) in [5, 5.41) is 0. The molecule has 2 rings (SSSR count). The van der Waals surface area contributed by atoms with Crippen LogP contribution in [0, 0.1) is 0 Å². The van der Waals surface area contributed by atoms with Crippen LogP contribution in [-0.2, 0) is 11.3 Å². The molecule has 5 heteroatoms. The molecule has 21 heavy (non-hydrogen) atoms. The number of carbonyl (C=O) groups is 1. The molecule has 2 aromatic carbocycles. The van der Waals surface area contributed by atoms with Gasteiger partial charge in [0, 0.05) is 0 Å². The van der Waals surface area contributed by atoms with Crippen molar-refractivity contribution in [2.75, 3.05) is 13.2 Å². The molecular formula is C16H17NO4. The number of amides is 1. The molecule has 0 unspecified atom stereocenters. The SMILES string of the molecule is NC(=O)OCCOc1ccc(OCc2ccccc2)cc1. The third kappa shape index (κ3) is 5.44. The van der Waals surface area contributed by atoms with Gasteiger partial charge in [0.05, 0.1) is 0 Å². The van der Waals surface area contributed by atoms with Crippen LogP contribution in [-0.4, -0.2) is 19.3 Å². The molecule has 0 atom stereocenters. The van der Waals surface area contributed by atoms with Crippen molar-refractivity contribution in [3.05, 3.63) is 60.2 Å². The first kappa shape index (κ1) is 14.7. The summed E-state index contributed by atoms with van der Waals surface area (Å²) in [6, 6.07) is 17.2. The van der Waals surface area contributed by atoms with Gasteiger partial charge in [0.2, 0.25) is 0 Å². The van der Waals surface area contributed by atoms with Gasteiger partial charge in [-0.25, -0.2) is 4.79 Å². The Morgan fingerprint density at radius 1 is 0.857 bits per heavy atom. The number of hydrogen-bond acceptors (Lipinski definition) is 4. The van der Waals surface area contributed by atoms with Crippen LogP contribution in [0.15, 0.2) is 54.6 Å². The maximum Gasteiger partial charge on any atom is 0.404 e. The maximum absolute atomic E-state index is 10.4. The molecule has 0 aliphatic heterocycles. The van der Waals surface area contributed by atoms with Crippen molar-refractivity contribution in [3.8, 4) is 11.5 Å². The molecule has 0 aliphatic carbocycles. The molecular weight excluding hydrogens is 270 g/mol. The number of rotatable bonds is 7. The topological polar surface area (TPSA) is 70.8 Å². The third-order valence-corrected chi connectivity index (χ3v) is 2.67. The van der Waals surface area contributed by atoms with Gasteiger partial charge in [-0.2, -0.15) is 0 Å². The zero-order chi connectivity index (χ0) is 14.9. The average Bonchev–Trinajstić information content (AvgIpc) is 2.51. The van der Waals surface area contributed by atoms with Crippen molar-refractivity contribution < 1.29 is 19.0 Å². The molecule has 0 saturated carbocycles. The molecule has 0 radical (unpaired) electrons. The van der Waals surface area contributed by atoms with E-state index in [-0.39, 0.29) is 13.2 Å². The lowest BCUT2D eigenvalue weighted by Gasteiger charge is -2.08. The largest absolute Gasteiger partial charge is 0.490 e. The lowest BCUT2D eigenvalue weighted by atomic mass is 10.2. The summed E-state index contributed by atoms with van der Waals surface area (Å²) >= 11 is 0. The maximum atomic E-state index is 10.4. The van der Waals surface area contributed by atoms with Crippen LogP contribution in [0.4, 0.5) is 4.79 Å². The van der Waals surface area contributed by atoms with Gasteiger partial charge >= 0.3 is 6.09 Å². The minimum atomic E-state index is -0.803. The van der Waals surface area contributed by atoms with Crippen molar-refractivity contribution in [1.29, 1.82) is 0 Å². The Kier molecular flexibility index (Phi) is 5.46. The monoisotopic (exact) mass is 287 g/mol. The minimum Gasteiger partial charge on any atom is -0.490 e. The fourth-order valence-electron chi connectivity index (χ4n) is 1.67. The van der Waals surface area contributed by atoms with Crippen molar-refractivity contribution in [2.45, 2.75) is 6.61 Å². The smallest absolute Gasteiger partial charge is 0.404 e. The van der Waals surface area contributed by atoms with E-state index < -0.39 is 6.09 Å². The summed E-state index contributed by atoms with van der Waals surface area (Å²) in [7, 11) is 0. The lowest BCUT2D eigenvalue weighted by molar-refractivity contribution is 0.134. The van der Waals surface area contributed by atoms with Gasteiger partial charge in [-0.3, -0.25) is 0 Å². The highest BCUT2D eigenvalue weighted by molar-refractivity contribution is 5.64. The summed E-state index contributed by atoms with van der Waals surface area (Å²) in [5.41, 5.74) is 5.95. The van der Waals surface area contributed by atoms with Crippen molar-refractivity contribution in [2.24, 2.45) is 5.73 Å². The number of carbonyl (C=O) groups excluding carboxylic acids is 1. The van der Waals surface area contributed by atoms with Gasteiger partial charge in [-0.05, 0) is 29.8 Å². The average molecular weight is 287 g/mol. The highest BCUT2D eigenvalue weighted by Gasteiger charge is 1.99. The van der Waals surface area contributed by atoms with Crippen LogP contribution >= 0.6 is 0 Å². The Morgan fingerprint density at radius 3 is 2.10 bits per heavy atom. The van der Waals surface area contributed by atoms with E-state index in [1.165, 1.54) is 0 Å². The van der Waals surface area contributed by atoms with Crippen LogP contribution in [0.5, 0.6) is 11.5 Å². The second-order valence-electron chi connectivity index (χ2n) is 4.26. The van der Waals surface area contributed by atoms with E-state index in [1.54, 1.807) is 12.1 Å². The Morgan fingerprint density at radius 2 is 1.48 bits per heavy atom. The predicted molar refractivity (Wildman–Crippen MR) is 78.2 cm³/mol. The van der Waals surface area contributed by atoms with Crippen LogP contribution in [0.3, 0.4) is 0 Å². The second kappa shape index (κ2) is 7.79. The summed E-state index contributed by atoms with van der Waals surface area (Å²) in [6.07, 6.45) is -0.803. The number of nitrogens with two attached hydrogens (primary N) is 1. The molecule has 0 fully saturated rings. The highest BCUT2D eigenvalue weighted by atomic mass is 16.6. The predicted octanol–water partition coefficient (Wildman–Crippen LogP) is 2.74. The molecule has 0 spiro atoms. The standard InChI is InChI=1S/C16H17NO4/c17-16(18)20-11-10-19-14-6-8-15(9-7-14)21-12-13-4-2-1-3-5-13/h1-9H,10-12H2,(H2,17,18). The molecule has 0 heterocycles. The first-order chi connectivity index (χ1) is 10.2. The first-order valence-electron chi connectivity index (χ1n) is 6.56. The molecule has 1 amide bonds. The Balaban J connectivity index is 1.75. The van der Waals surface area contributed by atoms with Gasteiger partial charge in [0.25, 0.3) is 0 Å².